The SMILES string of the molecule is Cc1cccc(-c2ccc3c(c2)c(CCCNC2CCCCC2)cn3CC2CCCCC2)c1. The Hall–Kier alpha value is -2.06. The Morgan fingerprint density at radius 1 is 0.848 bits per heavy atom. The molecule has 1 aromatic heterocycles. The molecule has 2 aromatic carbocycles. The number of aryl methyl sites for hydroxylation is 2. The van der Waals surface area contributed by atoms with Crippen LogP contribution in [-0.4, -0.2) is 17.2 Å². The Labute approximate surface area is 200 Å². The minimum Gasteiger partial charge on any atom is -0.347 e. The zero-order chi connectivity index (χ0) is 22.5. The predicted molar refractivity (Wildman–Crippen MR) is 142 cm³/mol. The van der Waals surface area contributed by atoms with Gasteiger partial charge in [0.2, 0.25) is 0 Å². The third-order valence-electron chi connectivity index (χ3n) is 8.16. The van der Waals surface area contributed by atoms with Crippen LogP contribution in [0.3, 0.4) is 0 Å². The van der Waals surface area contributed by atoms with Gasteiger partial charge in [0.1, 0.15) is 0 Å². The first-order valence-electron chi connectivity index (χ1n) is 13.7. The molecule has 2 saturated carbocycles. The summed E-state index contributed by atoms with van der Waals surface area (Å²) in [4.78, 5) is 0. The van der Waals surface area contributed by atoms with Gasteiger partial charge in [-0.15, -0.1) is 0 Å². The van der Waals surface area contributed by atoms with Crippen LogP contribution in [0.15, 0.2) is 48.7 Å². The van der Waals surface area contributed by atoms with Crippen molar-refractivity contribution < 1.29 is 0 Å². The van der Waals surface area contributed by atoms with E-state index in [0.29, 0.717) is 0 Å². The van der Waals surface area contributed by atoms with Crippen LogP contribution in [0.5, 0.6) is 0 Å². The van der Waals surface area contributed by atoms with Crippen LogP contribution in [0.1, 0.15) is 81.8 Å². The normalized spacial score (nSPS) is 18.2. The van der Waals surface area contributed by atoms with Gasteiger partial charge in [-0.2, -0.15) is 0 Å². The molecule has 0 unspecified atom stereocenters. The van der Waals surface area contributed by atoms with Crippen LogP contribution in [0.25, 0.3) is 22.0 Å². The highest BCUT2D eigenvalue weighted by Crippen LogP contribution is 2.32. The fraction of sp³-hybridized carbons (Fsp3) is 0.548. The van der Waals surface area contributed by atoms with Gasteiger partial charge < -0.3 is 9.88 Å². The van der Waals surface area contributed by atoms with Gasteiger partial charge in [0.25, 0.3) is 0 Å². The number of hydrogen-bond acceptors (Lipinski definition) is 1. The molecule has 2 nitrogen and oxygen atoms in total. The van der Waals surface area contributed by atoms with E-state index in [0.717, 1.165) is 18.5 Å². The van der Waals surface area contributed by atoms with E-state index in [-0.39, 0.29) is 0 Å². The molecule has 1 heterocycles. The Morgan fingerprint density at radius 2 is 1.61 bits per heavy atom. The summed E-state index contributed by atoms with van der Waals surface area (Å²) in [6.45, 7) is 4.53. The van der Waals surface area contributed by atoms with Crippen molar-refractivity contribution in [3.05, 3.63) is 59.8 Å². The summed E-state index contributed by atoms with van der Waals surface area (Å²) in [5.74, 6) is 0.853. The standard InChI is InChI=1S/C31H42N2/c1-24-10-8-13-26(20-24)27-17-18-31-30(21-27)28(14-9-19-32-29-15-6-3-7-16-29)23-33(31)22-25-11-4-2-5-12-25/h8,10,13,17-18,20-21,23,25,29,32H,2-7,9,11-12,14-16,19,22H2,1H3. The summed E-state index contributed by atoms with van der Waals surface area (Å²) >= 11 is 0. The first-order chi connectivity index (χ1) is 16.3. The highest BCUT2D eigenvalue weighted by atomic mass is 15.0. The molecule has 3 aromatic rings. The second kappa shape index (κ2) is 10.9. The quantitative estimate of drug-likeness (QED) is 0.349. The summed E-state index contributed by atoms with van der Waals surface area (Å²) in [6, 6.07) is 16.9. The number of fused-ring (bicyclic) bond motifs is 1. The van der Waals surface area contributed by atoms with Crippen molar-refractivity contribution in [2.75, 3.05) is 6.54 Å². The summed E-state index contributed by atoms with van der Waals surface area (Å²) in [7, 11) is 0. The van der Waals surface area contributed by atoms with E-state index in [4.69, 9.17) is 0 Å². The van der Waals surface area contributed by atoms with E-state index in [1.165, 1.54) is 111 Å². The maximum absolute atomic E-state index is 3.85. The Kier molecular flexibility index (Phi) is 7.51. The van der Waals surface area contributed by atoms with Crippen molar-refractivity contribution >= 4 is 10.9 Å². The van der Waals surface area contributed by atoms with Gasteiger partial charge in [-0.3, -0.25) is 0 Å². The largest absolute Gasteiger partial charge is 0.347 e. The molecule has 2 aliphatic carbocycles. The zero-order valence-electron chi connectivity index (χ0n) is 20.6. The number of nitrogens with one attached hydrogen (secondary N) is 1. The molecular weight excluding hydrogens is 400 g/mol. The summed E-state index contributed by atoms with van der Waals surface area (Å²) < 4.78 is 2.59. The molecule has 2 heteroatoms. The van der Waals surface area contributed by atoms with Crippen molar-refractivity contribution in [2.45, 2.75) is 96.6 Å². The van der Waals surface area contributed by atoms with Crippen LogP contribution >= 0.6 is 0 Å². The number of nitrogens with zero attached hydrogens (tertiary/aromatic N) is 1. The maximum Gasteiger partial charge on any atom is 0.0483 e. The molecule has 33 heavy (non-hydrogen) atoms. The lowest BCUT2D eigenvalue weighted by Gasteiger charge is -2.22. The smallest absolute Gasteiger partial charge is 0.0483 e. The fourth-order valence-corrected chi connectivity index (χ4v) is 6.26. The van der Waals surface area contributed by atoms with Crippen molar-refractivity contribution in [1.29, 1.82) is 0 Å². The third-order valence-corrected chi connectivity index (χ3v) is 8.16. The zero-order valence-corrected chi connectivity index (χ0v) is 20.6. The molecule has 0 spiro atoms. The molecule has 0 saturated heterocycles. The maximum atomic E-state index is 3.85. The molecule has 2 fully saturated rings. The van der Waals surface area contributed by atoms with Gasteiger partial charge in [-0.1, -0.05) is 74.4 Å². The van der Waals surface area contributed by atoms with E-state index in [2.05, 4.69) is 65.5 Å². The molecule has 1 N–H and O–H groups in total. The van der Waals surface area contributed by atoms with Crippen LogP contribution < -0.4 is 5.32 Å². The molecule has 176 valence electrons. The second-order valence-electron chi connectivity index (χ2n) is 10.8. The van der Waals surface area contributed by atoms with Crippen molar-refractivity contribution in [3.63, 3.8) is 0 Å². The molecule has 0 atom stereocenters. The fourth-order valence-electron chi connectivity index (χ4n) is 6.26. The predicted octanol–water partition coefficient (Wildman–Crippen LogP) is 8.05. The molecule has 0 amide bonds. The van der Waals surface area contributed by atoms with Gasteiger partial charge >= 0.3 is 0 Å². The number of benzene rings is 2. The number of aromatic nitrogens is 1. The molecule has 0 radical (unpaired) electrons. The van der Waals surface area contributed by atoms with Crippen LogP contribution in [0.2, 0.25) is 0 Å². The molecule has 5 rings (SSSR count). The third kappa shape index (κ3) is 5.72. The lowest BCUT2D eigenvalue weighted by atomic mass is 9.89. The lowest BCUT2D eigenvalue weighted by Crippen LogP contribution is -2.31. The van der Waals surface area contributed by atoms with E-state index < -0.39 is 0 Å². The molecule has 0 aliphatic heterocycles. The second-order valence-corrected chi connectivity index (χ2v) is 10.8. The summed E-state index contributed by atoms with van der Waals surface area (Å²) in [6.07, 6.45) is 19.0. The first kappa shape index (κ1) is 22.7. The first-order valence-corrected chi connectivity index (χ1v) is 13.7. The topological polar surface area (TPSA) is 17.0 Å². The Morgan fingerprint density at radius 3 is 2.39 bits per heavy atom. The van der Waals surface area contributed by atoms with Crippen LogP contribution in [0, 0.1) is 12.8 Å². The minimum absolute atomic E-state index is 0.763. The lowest BCUT2D eigenvalue weighted by molar-refractivity contribution is 0.322. The Bertz CT molecular complexity index is 1030. The van der Waals surface area contributed by atoms with E-state index in [9.17, 15) is 0 Å². The van der Waals surface area contributed by atoms with Gasteiger partial charge in [0, 0.05) is 29.7 Å². The van der Waals surface area contributed by atoms with Gasteiger partial charge in [0.15, 0.2) is 0 Å². The highest BCUT2D eigenvalue weighted by molar-refractivity contribution is 5.88. The van der Waals surface area contributed by atoms with Gasteiger partial charge in [0.05, 0.1) is 0 Å². The molecular formula is C31H42N2. The number of rotatable bonds is 8. The van der Waals surface area contributed by atoms with Gasteiger partial charge in [-0.25, -0.2) is 0 Å². The van der Waals surface area contributed by atoms with Crippen molar-refractivity contribution in [2.24, 2.45) is 5.92 Å². The van der Waals surface area contributed by atoms with Crippen LogP contribution in [-0.2, 0) is 13.0 Å². The summed E-state index contributed by atoms with van der Waals surface area (Å²) in [5.41, 5.74) is 6.99. The minimum atomic E-state index is 0.763. The van der Waals surface area contributed by atoms with Crippen LogP contribution in [0.4, 0.5) is 0 Å². The van der Waals surface area contributed by atoms with Crippen molar-refractivity contribution in [1.82, 2.24) is 9.88 Å². The number of hydrogen-bond donors (Lipinski definition) is 1. The van der Waals surface area contributed by atoms with E-state index in [1.807, 2.05) is 0 Å². The average molecular weight is 443 g/mol. The Balaban J connectivity index is 1.36. The highest BCUT2D eigenvalue weighted by Gasteiger charge is 2.17. The van der Waals surface area contributed by atoms with E-state index in [1.54, 1.807) is 5.56 Å². The summed E-state index contributed by atoms with van der Waals surface area (Å²) in [5, 5.41) is 5.32. The van der Waals surface area contributed by atoms with Gasteiger partial charge in [-0.05, 0) is 86.7 Å². The average Bonchev–Trinajstić information content (AvgIpc) is 3.19. The monoisotopic (exact) mass is 442 g/mol. The van der Waals surface area contributed by atoms with Crippen molar-refractivity contribution in [3.8, 4) is 11.1 Å². The molecule has 0 bridgehead atoms. The van der Waals surface area contributed by atoms with E-state index >= 15 is 0 Å². The molecule has 2 aliphatic rings.